The molecule has 20 heavy (non-hydrogen) atoms. The van der Waals surface area contributed by atoms with Crippen molar-refractivity contribution in [2.45, 2.75) is 52.8 Å². The maximum absolute atomic E-state index is 12.5. The summed E-state index contributed by atoms with van der Waals surface area (Å²) in [7, 11) is 0. The molecule has 1 aliphatic heterocycles. The summed E-state index contributed by atoms with van der Waals surface area (Å²) in [6.45, 7) is 8.65. The predicted molar refractivity (Wildman–Crippen MR) is 72.2 cm³/mol. The van der Waals surface area contributed by atoms with Gasteiger partial charge in [0.1, 0.15) is 0 Å². The molecule has 1 saturated heterocycles. The maximum Gasteiger partial charge on any atom is 0.393 e. The first-order valence-electron chi connectivity index (χ1n) is 7.12. The van der Waals surface area contributed by atoms with Crippen molar-refractivity contribution in [3.63, 3.8) is 0 Å². The number of hydrogen-bond acceptors (Lipinski definition) is 2. The lowest BCUT2D eigenvalue weighted by Crippen LogP contribution is -2.52. The van der Waals surface area contributed by atoms with E-state index in [1.807, 2.05) is 0 Å². The Hall–Kier alpha value is -0.780. The largest absolute Gasteiger partial charge is 0.393 e. The molecular formula is C14H25F3N2O. The van der Waals surface area contributed by atoms with Gasteiger partial charge in [0.05, 0.1) is 12.0 Å². The second-order valence-corrected chi connectivity index (χ2v) is 6.64. The fraction of sp³-hybridized carbons (Fsp3) is 0.929. The van der Waals surface area contributed by atoms with Gasteiger partial charge >= 0.3 is 6.18 Å². The summed E-state index contributed by atoms with van der Waals surface area (Å²) in [5.74, 6) is -1.12. The third-order valence-corrected chi connectivity index (χ3v) is 4.48. The van der Waals surface area contributed by atoms with Crippen LogP contribution in [0.2, 0.25) is 0 Å². The third-order valence-electron chi connectivity index (χ3n) is 4.48. The molecule has 1 rings (SSSR count). The van der Waals surface area contributed by atoms with E-state index in [0.29, 0.717) is 12.5 Å². The van der Waals surface area contributed by atoms with Gasteiger partial charge < -0.3 is 10.6 Å². The maximum atomic E-state index is 12.5. The first-order valence-corrected chi connectivity index (χ1v) is 7.12. The van der Waals surface area contributed by atoms with Crippen molar-refractivity contribution in [3.8, 4) is 0 Å². The summed E-state index contributed by atoms with van der Waals surface area (Å²) >= 11 is 0. The van der Waals surface area contributed by atoms with Gasteiger partial charge in [-0.1, -0.05) is 27.7 Å². The van der Waals surface area contributed by atoms with Crippen LogP contribution in [0.3, 0.4) is 0 Å². The molecule has 2 N–H and O–H groups in total. The summed E-state index contributed by atoms with van der Waals surface area (Å²) in [4.78, 5) is 12.0. The van der Waals surface area contributed by atoms with Gasteiger partial charge in [0.15, 0.2) is 0 Å². The number of piperidine rings is 1. The van der Waals surface area contributed by atoms with Gasteiger partial charge in [-0.15, -0.1) is 0 Å². The molecule has 0 bridgehead atoms. The van der Waals surface area contributed by atoms with Crippen molar-refractivity contribution >= 4 is 5.91 Å². The zero-order valence-corrected chi connectivity index (χ0v) is 12.6. The smallest absolute Gasteiger partial charge is 0.354 e. The molecule has 1 fully saturated rings. The number of carbonyl (C=O) groups is 1. The fourth-order valence-electron chi connectivity index (χ4n) is 2.00. The molecule has 0 saturated carbocycles. The van der Waals surface area contributed by atoms with Gasteiger partial charge in [0.2, 0.25) is 5.91 Å². The number of carbonyl (C=O) groups excluding carboxylic acids is 1. The van der Waals surface area contributed by atoms with Crippen LogP contribution >= 0.6 is 0 Å². The van der Waals surface area contributed by atoms with E-state index in [1.54, 1.807) is 0 Å². The zero-order valence-electron chi connectivity index (χ0n) is 12.6. The second-order valence-electron chi connectivity index (χ2n) is 6.64. The van der Waals surface area contributed by atoms with Gasteiger partial charge in [0.25, 0.3) is 0 Å². The highest BCUT2D eigenvalue weighted by atomic mass is 19.4. The molecule has 0 aliphatic carbocycles. The van der Waals surface area contributed by atoms with E-state index < -0.39 is 18.1 Å². The van der Waals surface area contributed by atoms with Crippen molar-refractivity contribution in [2.24, 2.45) is 17.3 Å². The Labute approximate surface area is 118 Å². The lowest BCUT2D eigenvalue weighted by atomic mass is 9.81. The average Bonchev–Trinajstić information content (AvgIpc) is 2.35. The van der Waals surface area contributed by atoms with Crippen LogP contribution in [-0.4, -0.2) is 31.2 Å². The van der Waals surface area contributed by atoms with Gasteiger partial charge in [-0.25, -0.2) is 0 Å². The summed E-state index contributed by atoms with van der Waals surface area (Å²) < 4.78 is 37.6. The standard InChI is InChI=1S/C14H25F3N2O/c1-9(2)13(3,4)8-19-12(20)11-6-5-10(7-18-11)14(15,16)17/h9-11,18H,5-8H2,1-4H3,(H,19,20). The number of hydrogen-bond donors (Lipinski definition) is 2. The Bertz CT molecular complexity index is 332. The predicted octanol–water partition coefficient (Wildman–Crippen LogP) is 2.72. The molecule has 3 nitrogen and oxygen atoms in total. The van der Waals surface area contributed by atoms with Crippen LogP contribution in [0.25, 0.3) is 0 Å². The van der Waals surface area contributed by atoms with E-state index in [9.17, 15) is 18.0 Å². The normalized spacial score (nSPS) is 24.8. The molecule has 1 amide bonds. The van der Waals surface area contributed by atoms with Crippen molar-refractivity contribution in [3.05, 3.63) is 0 Å². The topological polar surface area (TPSA) is 41.1 Å². The Morgan fingerprint density at radius 3 is 2.30 bits per heavy atom. The molecule has 0 radical (unpaired) electrons. The summed E-state index contributed by atoms with van der Waals surface area (Å²) in [5, 5.41) is 5.55. The Morgan fingerprint density at radius 1 is 1.30 bits per heavy atom. The number of amides is 1. The summed E-state index contributed by atoms with van der Waals surface area (Å²) in [6.07, 6.45) is -3.92. The molecule has 2 atom stereocenters. The first kappa shape index (κ1) is 17.3. The highest BCUT2D eigenvalue weighted by Gasteiger charge is 2.42. The van der Waals surface area contributed by atoms with Crippen LogP contribution in [0.4, 0.5) is 13.2 Å². The van der Waals surface area contributed by atoms with Crippen LogP contribution in [0.1, 0.15) is 40.5 Å². The second kappa shape index (κ2) is 6.33. The van der Waals surface area contributed by atoms with Crippen LogP contribution in [0, 0.1) is 17.3 Å². The minimum Gasteiger partial charge on any atom is -0.354 e. The Balaban J connectivity index is 2.40. The van der Waals surface area contributed by atoms with E-state index in [0.717, 1.165) is 0 Å². The summed E-state index contributed by atoms with van der Waals surface area (Å²) in [6, 6.07) is -0.503. The molecule has 6 heteroatoms. The molecule has 0 aromatic heterocycles. The highest BCUT2D eigenvalue weighted by Crippen LogP contribution is 2.32. The molecular weight excluding hydrogens is 269 g/mol. The van der Waals surface area contributed by atoms with Gasteiger partial charge in [0, 0.05) is 13.1 Å². The molecule has 0 aromatic carbocycles. The minimum absolute atomic E-state index is 0.0160. The molecule has 1 heterocycles. The minimum atomic E-state index is -4.17. The van der Waals surface area contributed by atoms with Gasteiger partial charge in [-0.2, -0.15) is 13.2 Å². The van der Waals surface area contributed by atoms with Crippen LogP contribution in [-0.2, 0) is 4.79 Å². The van der Waals surface area contributed by atoms with Crippen molar-refractivity contribution in [2.75, 3.05) is 13.1 Å². The third kappa shape index (κ3) is 4.65. The van der Waals surface area contributed by atoms with Crippen LogP contribution in [0.15, 0.2) is 0 Å². The molecule has 2 unspecified atom stereocenters. The van der Waals surface area contributed by atoms with Gasteiger partial charge in [-0.05, 0) is 24.2 Å². The van der Waals surface area contributed by atoms with E-state index in [2.05, 4.69) is 38.3 Å². The molecule has 1 aliphatic rings. The average molecular weight is 294 g/mol. The monoisotopic (exact) mass is 294 g/mol. The molecule has 118 valence electrons. The van der Waals surface area contributed by atoms with Crippen molar-refractivity contribution in [1.82, 2.24) is 10.6 Å². The van der Waals surface area contributed by atoms with E-state index >= 15 is 0 Å². The van der Waals surface area contributed by atoms with E-state index in [4.69, 9.17) is 0 Å². The van der Waals surface area contributed by atoms with Crippen LogP contribution in [0.5, 0.6) is 0 Å². The Morgan fingerprint density at radius 2 is 1.90 bits per heavy atom. The quantitative estimate of drug-likeness (QED) is 0.837. The lowest BCUT2D eigenvalue weighted by Gasteiger charge is -2.33. The molecule has 0 aromatic rings. The highest BCUT2D eigenvalue weighted by molar-refractivity contribution is 5.81. The number of alkyl halides is 3. The summed E-state index contributed by atoms with van der Waals surface area (Å²) in [5.41, 5.74) is -0.0289. The molecule has 0 spiro atoms. The fourth-order valence-corrected chi connectivity index (χ4v) is 2.00. The van der Waals surface area contributed by atoms with Crippen molar-refractivity contribution < 1.29 is 18.0 Å². The SMILES string of the molecule is CC(C)C(C)(C)CNC(=O)C1CCC(C(F)(F)F)CN1. The van der Waals surface area contributed by atoms with E-state index in [1.165, 1.54) is 0 Å². The van der Waals surface area contributed by atoms with Crippen molar-refractivity contribution in [1.29, 1.82) is 0 Å². The zero-order chi connectivity index (χ0) is 15.6. The van der Waals surface area contributed by atoms with Crippen LogP contribution < -0.4 is 10.6 Å². The number of nitrogens with one attached hydrogen (secondary N) is 2. The van der Waals surface area contributed by atoms with E-state index in [-0.39, 0.29) is 30.7 Å². The Kier molecular flexibility index (Phi) is 5.46. The lowest BCUT2D eigenvalue weighted by molar-refractivity contribution is -0.180. The number of halogens is 3. The van der Waals surface area contributed by atoms with Gasteiger partial charge in [-0.3, -0.25) is 4.79 Å². The number of rotatable bonds is 4. The first-order chi connectivity index (χ1) is 9.04.